The predicted octanol–water partition coefficient (Wildman–Crippen LogP) is 0.975. The molecule has 0 saturated heterocycles. The van der Waals surface area contributed by atoms with E-state index < -0.39 is 15.4 Å². The van der Waals surface area contributed by atoms with Crippen molar-refractivity contribution in [3.8, 4) is 0 Å². The van der Waals surface area contributed by atoms with Gasteiger partial charge in [0.2, 0.25) is 10.0 Å². The first-order valence-electron chi connectivity index (χ1n) is 5.16. The van der Waals surface area contributed by atoms with Crippen LogP contribution < -0.4 is 4.72 Å². The monoisotopic (exact) mass is 256 g/mol. The molecule has 0 bridgehead atoms. The van der Waals surface area contributed by atoms with Crippen molar-refractivity contribution in [2.45, 2.75) is 25.7 Å². The van der Waals surface area contributed by atoms with E-state index in [2.05, 4.69) is 9.71 Å². The van der Waals surface area contributed by atoms with Gasteiger partial charge in [0.15, 0.2) is 5.78 Å². The lowest BCUT2D eigenvalue weighted by atomic mass is 9.91. The second-order valence-corrected chi connectivity index (χ2v) is 6.45. The van der Waals surface area contributed by atoms with Gasteiger partial charge in [-0.3, -0.25) is 9.78 Å². The van der Waals surface area contributed by atoms with E-state index in [0.717, 1.165) is 0 Å². The van der Waals surface area contributed by atoms with Crippen molar-refractivity contribution < 1.29 is 13.2 Å². The molecule has 0 aromatic carbocycles. The van der Waals surface area contributed by atoms with E-state index in [1.54, 1.807) is 20.8 Å². The van der Waals surface area contributed by atoms with Gasteiger partial charge in [0.1, 0.15) is 4.90 Å². The summed E-state index contributed by atoms with van der Waals surface area (Å²) >= 11 is 0. The highest BCUT2D eigenvalue weighted by Gasteiger charge is 2.23. The average molecular weight is 256 g/mol. The minimum atomic E-state index is -3.65. The second kappa shape index (κ2) is 4.93. The molecule has 17 heavy (non-hydrogen) atoms. The molecule has 0 aliphatic carbocycles. The molecule has 0 spiro atoms. The molecule has 1 heterocycles. The van der Waals surface area contributed by atoms with Gasteiger partial charge in [-0.05, 0) is 12.1 Å². The highest BCUT2D eigenvalue weighted by atomic mass is 32.2. The first kappa shape index (κ1) is 13.8. The molecule has 0 amide bonds. The number of rotatable bonds is 4. The summed E-state index contributed by atoms with van der Waals surface area (Å²) in [5.41, 5.74) is -0.558. The van der Waals surface area contributed by atoms with Crippen LogP contribution >= 0.6 is 0 Å². The normalized spacial score (nSPS) is 12.4. The average Bonchev–Trinajstić information content (AvgIpc) is 2.26. The summed E-state index contributed by atoms with van der Waals surface area (Å²) < 4.78 is 25.8. The van der Waals surface area contributed by atoms with Gasteiger partial charge in [0.25, 0.3) is 0 Å². The molecular weight excluding hydrogens is 240 g/mol. The Kier molecular flexibility index (Phi) is 4.00. The van der Waals surface area contributed by atoms with Crippen LogP contribution in [0.1, 0.15) is 20.8 Å². The first-order valence-corrected chi connectivity index (χ1v) is 6.65. The second-order valence-electron chi connectivity index (χ2n) is 4.69. The smallest absolute Gasteiger partial charge is 0.242 e. The summed E-state index contributed by atoms with van der Waals surface area (Å²) in [6.07, 6.45) is 2.73. The highest BCUT2D eigenvalue weighted by molar-refractivity contribution is 7.89. The maximum atomic E-state index is 11.8. The molecule has 1 N–H and O–H groups in total. The summed E-state index contributed by atoms with van der Waals surface area (Å²) in [4.78, 5) is 15.4. The Morgan fingerprint density at radius 1 is 1.41 bits per heavy atom. The standard InChI is InChI=1S/C11H16N2O3S/c1-11(2,3)10(14)8-13-17(15,16)9-5-4-6-12-7-9/h4-7,13H,8H2,1-3H3. The molecule has 94 valence electrons. The summed E-state index contributed by atoms with van der Waals surface area (Å²) in [5, 5.41) is 0. The predicted molar refractivity (Wildman–Crippen MR) is 63.9 cm³/mol. The van der Waals surface area contributed by atoms with Crippen LogP contribution in [0.3, 0.4) is 0 Å². The van der Waals surface area contributed by atoms with E-state index >= 15 is 0 Å². The number of hydrogen-bond acceptors (Lipinski definition) is 4. The van der Waals surface area contributed by atoms with E-state index in [0.29, 0.717) is 0 Å². The van der Waals surface area contributed by atoms with Gasteiger partial charge in [0.05, 0.1) is 6.54 Å². The van der Waals surface area contributed by atoms with Crippen molar-refractivity contribution >= 4 is 15.8 Å². The number of aromatic nitrogens is 1. The largest absolute Gasteiger partial charge is 0.298 e. The molecule has 0 aliphatic heterocycles. The Labute approximate surface area is 101 Å². The Bertz CT molecular complexity index is 489. The lowest BCUT2D eigenvalue weighted by Gasteiger charge is -2.16. The van der Waals surface area contributed by atoms with Crippen molar-refractivity contribution in [2.75, 3.05) is 6.54 Å². The van der Waals surface area contributed by atoms with Crippen molar-refractivity contribution in [1.82, 2.24) is 9.71 Å². The number of ketones is 1. The van der Waals surface area contributed by atoms with Crippen LogP contribution in [0.5, 0.6) is 0 Å². The van der Waals surface area contributed by atoms with E-state index in [9.17, 15) is 13.2 Å². The maximum absolute atomic E-state index is 11.8. The van der Waals surface area contributed by atoms with Crippen LogP contribution in [0.2, 0.25) is 0 Å². The minimum absolute atomic E-state index is 0.0571. The van der Waals surface area contributed by atoms with Gasteiger partial charge in [-0.25, -0.2) is 13.1 Å². The van der Waals surface area contributed by atoms with E-state index in [1.807, 2.05) is 0 Å². The molecule has 5 nitrogen and oxygen atoms in total. The molecule has 0 unspecified atom stereocenters. The molecule has 0 fully saturated rings. The molecule has 0 atom stereocenters. The maximum Gasteiger partial charge on any atom is 0.242 e. The Hall–Kier alpha value is -1.27. The van der Waals surface area contributed by atoms with E-state index in [-0.39, 0.29) is 17.2 Å². The number of sulfonamides is 1. The number of nitrogens with one attached hydrogen (secondary N) is 1. The number of nitrogens with zero attached hydrogens (tertiary/aromatic N) is 1. The van der Waals surface area contributed by atoms with Crippen LogP contribution in [0.15, 0.2) is 29.4 Å². The van der Waals surface area contributed by atoms with Crippen molar-refractivity contribution in [3.63, 3.8) is 0 Å². The molecule has 6 heteroatoms. The van der Waals surface area contributed by atoms with Crippen LogP contribution in [-0.2, 0) is 14.8 Å². The fourth-order valence-electron chi connectivity index (χ4n) is 1.02. The molecule has 0 aliphatic rings. The van der Waals surface area contributed by atoms with E-state index in [1.165, 1.54) is 24.5 Å². The fraction of sp³-hybridized carbons (Fsp3) is 0.455. The van der Waals surface area contributed by atoms with Gasteiger partial charge in [-0.1, -0.05) is 20.8 Å². The van der Waals surface area contributed by atoms with Crippen molar-refractivity contribution in [3.05, 3.63) is 24.5 Å². The van der Waals surface area contributed by atoms with Gasteiger partial charge < -0.3 is 0 Å². The summed E-state index contributed by atoms with van der Waals surface area (Å²) in [7, 11) is -3.65. The lowest BCUT2D eigenvalue weighted by molar-refractivity contribution is -0.125. The fourth-order valence-corrected chi connectivity index (χ4v) is 1.96. The molecule has 1 aromatic heterocycles. The van der Waals surface area contributed by atoms with Crippen molar-refractivity contribution in [2.24, 2.45) is 5.41 Å². The Morgan fingerprint density at radius 3 is 2.53 bits per heavy atom. The van der Waals surface area contributed by atoms with Crippen molar-refractivity contribution in [1.29, 1.82) is 0 Å². The minimum Gasteiger partial charge on any atom is -0.298 e. The van der Waals surface area contributed by atoms with Gasteiger partial charge in [0, 0.05) is 17.8 Å². The van der Waals surface area contributed by atoms with Crippen LogP contribution in [0.25, 0.3) is 0 Å². The zero-order chi connectivity index (χ0) is 13.1. The Balaban J connectivity index is 2.74. The third-order valence-corrected chi connectivity index (χ3v) is 3.59. The lowest BCUT2D eigenvalue weighted by Crippen LogP contribution is -2.35. The number of carbonyl (C=O) groups is 1. The van der Waals surface area contributed by atoms with Crippen LogP contribution in [-0.4, -0.2) is 25.7 Å². The summed E-state index contributed by atoms with van der Waals surface area (Å²) in [6.45, 7) is 5.02. The highest BCUT2D eigenvalue weighted by Crippen LogP contribution is 2.14. The third-order valence-electron chi connectivity index (χ3n) is 2.20. The molecule has 0 radical (unpaired) electrons. The molecular formula is C11H16N2O3S. The van der Waals surface area contributed by atoms with Crippen LogP contribution in [0, 0.1) is 5.41 Å². The van der Waals surface area contributed by atoms with Gasteiger partial charge in [-0.15, -0.1) is 0 Å². The zero-order valence-electron chi connectivity index (χ0n) is 10.1. The SMILES string of the molecule is CC(C)(C)C(=O)CNS(=O)(=O)c1cccnc1. The third kappa shape index (κ3) is 3.90. The van der Waals surface area contributed by atoms with Gasteiger partial charge >= 0.3 is 0 Å². The molecule has 1 rings (SSSR count). The first-order chi connectivity index (χ1) is 7.73. The summed E-state index contributed by atoms with van der Waals surface area (Å²) in [5.74, 6) is -0.162. The molecule has 0 saturated carbocycles. The number of pyridine rings is 1. The topological polar surface area (TPSA) is 76.1 Å². The van der Waals surface area contributed by atoms with Crippen LogP contribution in [0.4, 0.5) is 0 Å². The zero-order valence-corrected chi connectivity index (χ0v) is 10.9. The Morgan fingerprint density at radius 2 is 2.06 bits per heavy atom. The van der Waals surface area contributed by atoms with E-state index in [4.69, 9.17) is 0 Å². The number of hydrogen-bond donors (Lipinski definition) is 1. The number of Topliss-reactive ketones (excluding diaryl/α,β-unsaturated/α-hetero) is 1. The van der Waals surface area contributed by atoms with Gasteiger partial charge in [-0.2, -0.15) is 0 Å². The molecule has 1 aromatic rings. The summed E-state index contributed by atoms with van der Waals surface area (Å²) in [6, 6.07) is 2.96. The number of carbonyl (C=O) groups excluding carboxylic acids is 1. The quantitative estimate of drug-likeness (QED) is 0.871.